The van der Waals surface area contributed by atoms with Gasteiger partial charge in [-0.1, -0.05) is 0 Å². The number of carboxylic acids is 1. The molecule has 0 fully saturated rings. The van der Waals surface area contributed by atoms with Crippen LogP contribution in [0.1, 0.15) is 22.3 Å². The summed E-state index contributed by atoms with van der Waals surface area (Å²) in [6.45, 7) is 1.03. The van der Waals surface area contributed by atoms with Gasteiger partial charge in [-0.05, 0) is 24.6 Å². The molecule has 0 unspecified atom stereocenters. The number of hydrogen-bond acceptors (Lipinski definition) is 4. The molecule has 0 bridgehead atoms. The Kier molecular flexibility index (Phi) is 4.79. The number of aromatic carboxylic acids is 1. The fraction of sp³-hybridized carbons (Fsp3) is 0.273. The lowest BCUT2D eigenvalue weighted by Crippen LogP contribution is -2.28. The Hall–Kier alpha value is -2.00. The first-order valence-electron chi connectivity index (χ1n) is 5.46. The van der Waals surface area contributed by atoms with Crippen LogP contribution < -0.4 is 10.5 Å². The molecule has 0 aliphatic carbocycles. The molecule has 1 aromatic carbocycles. The molecule has 9 heteroatoms. The second-order valence-corrected chi connectivity index (χ2v) is 5.79. The van der Waals surface area contributed by atoms with Gasteiger partial charge >= 0.3 is 5.97 Å². The van der Waals surface area contributed by atoms with Gasteiger partial charge < -0.3 is 10.8 Å². The number of carbonyl (C=O) groups excluding carboxylic acids is 1. The molecule has 1 amide bonds. The number of aryl methyl sites for hydroxylation is 1. The lowest BCUT2D eigenvalue weighted by molar-refractivity contribution is -0.117. The Morgan fingerprint density at radius 3 is 2.50 bits per heavy atom. The molecule has 0 saturated heterocycles. The quantitative estimate of drug-likeness (QED) is 0.681. The number of nitrogens with one attached hydrogen (secondary N) is 1. The van der Waals surface area contributed by atoms with E-state index < -0.39 is 38.2 Å². The Bertz CT molecular complexity index is 657. The van der Waals surface area contributed by atoms with Gasteiger partial charge in [-0.2, -0.15) is 0 Å². The summed E-state index contributed by atoms with van der Waals surface area (Å²) in [7, 11) is -4.04. The van der Waals surface area contributed by atoms with Crippen LogP contribution in [0.2, 0.25) is 0 Å². The van der Waals surface area contributed by atoms with Crippen LogP contribution in [-0.2, 0) is 14.8 Å². The van der Waals surface area contributed by atoms with Crippen LogP contribution in [-0.4, -0.2) is 31.9 Å². The normalized spacial score (nSPS) is 11.3. The number of rotatable bonds is 6. The topological polar surface area (TPSA) is 127 Å². The van der Waals surface area contributed by atoms with Crippen molar-refractivity contribution in [2.75, 3.05) is 6.54 Å². The highest BCUT2D eigenvalue weighted by Crippen LogP contribution is 2.19. The number of hydrogen-bond donors (Lipinski definition) is 3. The Morgan fingerprint density at radius 1 is 1.40 bits per heavy atom. The Balaban J connectivity index is 3.13. The van der Waals surface area contributed by atoms with E-state index in [1.54, 1.807) is 0 Å². The van der Waals surface area contributed by atoms with Crippen LogP contribution in [0.25, 0.3) is 0 Å². The van der Waals surface area contributed by atoms with E-state index in [0.717, 1.165) is 12.1 Å². The number of sulfonamides is 1. The van der Waals surface area contributed by atoms with E-state index in [4.69, 9.17) is 10.8 Å². The molecule has 4 N–H and O–H groups in total. The number of amides is 1. The van der Waals surface area contributed by atoms with E-state index in [2.05, 4.69) is 4.72 Å². The van der Waals surface area contributed by atoms with Crippen molar-refractivity contribution in [1.29, 1.82) is 0 Å². The molecular weight excluding hydrogens is 291 g/mol. The van der Waals surface area contributed by atoms with E-state index >= 15 is 0 Å². The predicted molar refractivity (Wildman–Crippen MR) is 67.1 cm³/mol. The predicted octanol–water partition coefficient (Wildman–Crippen LogP) is -0.0140. The molecule has 0 saturated carbocycles. The first-order chi connectivity index (χ1) is 9.15. The average Bonchev–Trinajstić information content (AvgIpc) is 2.31. The van der Waals surface area contributed by atoms with Crippen molar-refractivity contribution in [3.63, 3.8) is 0 Å². The van der Waals surface area contributed by atoms with Gasteiger partial charge in [0.2, 0.25) is 15.9 Å². The summed E-state index contributed by atoms with van der Waals surface area (Å²) in [6.07, 6.45) is -0.203. The molecule has 0 radical (unpaired) electrons. The molecule has 0 aliphatic heterocycles. The fourth-order valence-corrected chi connectivity index (χ4v) is 2.58. The summed E-state index contributed by atoms with van der Waals surface area (Å²) in [5.74, 6) is -3.25. The SMILES string of the molecule is Cc1cc(S(=O)(=O)NCCC(N)=O)cc(C(=O)O)c1F. The van der Waals surface area contributed by atoms with Crippen molar-refractivity contribution in [2.24, 2.45) is 5.73 Å². The number of halogens is 1. The van der Waals surface area contributed by atoms with Gasteiger partial charge in [0, 0.05) is 13.0 Å². The van der Waals surface area contributed by atoms with Crippen molar-refractivity contribution in [3.05, 3.63) is 29.1 Å². The maximum Gasteiger partial charge on any atom is 0.338 e. The van der Waals surface area contributed by atoms with Crippen molar-refractivity contribution < 1.29 is 27.5 Å². The molecule has 110 valence electrons. The largest absolute Gasteiger partial charge is 0.478 e. The maximum absolute atomic E-state index is 13.5. The van der Waals surface area contributed by atoms with Crippen LogP contribution >= 0.6 is 0 Å². The second kappa shape index (κ2) is 5.97. The number of nitrogens with two attached hydrogens (primary N) is 1. The first-order valence-corrected chi connectivity index (χ1v) is 6.95. The van der Waals surface area contributed by atoms with Gasteiger partial charge in [-0.3, -0.25) is 4.79 Å². The van der Waals surface area contributed by atoms with Crippen LogP contribution in [0, 0.1) is 12.7 Å². The molecule has 1 rings (SSSR count). The van der Waals surface area contributed by atoms with Crippen molar-refractivity contribution in [1.82, 2.24) is 4.72 Å². The van der Waals surface area contributed by atoms with Gasteiger partial charge in [-0.15, -0.1) is 0 Å². The highest BCUT2D eigenvalue weighted by molar-refractivity contribution is 7.89. The van der Waals surface area contributed by atoms with Gasteiger partial charge in [0.15, 0.2) is 0 Å². The summed E-state index contributed by atoms with van der Waals surface area (Å²) in [5, 5.41) is 8.81. The molecular formula is C11H13FN2O5S. The molecule has 7 nitrogen and oxygen atoms in total. The minimum Gasteiger partial charge on any atom is -0.478 e. The summed E-state index contributed by atoms with van der Waals surface area (Å²) in [6, 6.07) is 1.73. The van der Waals surface area contributed by atoms with Crippen molar-refractivity contribution in [3.8, 4) is 0 Å². The lowest BCUT2D eigenvalue weighted by Gasteiger charge is -2.09. The van der Waals surface area contributed by atoms with Gasteiger partial charge in [-0.25, -0.2) is 22.3 Å². The standard InChI is InChI=1S/C11H13FN2O5S/c1-6-4-7(5-8(10(6)12)11(16)17)20(18,19)14-3-2-9(13)15/h4-5,14H,2-3H2,1H3,(H2,13,15)(H,16,17). The summed E-state index contributed by atoms with van der Waals surface area (Å²) < 4.78 is 39.3. The molecule has 0 aromatic heterocycles. The highest BCUT2D eigenvalue weighted by atomic mass is 32.2. The molecule has 0 aliphatic rings. The third-order valence-electron chi connectivity index (χ3n) is 2.43. The molecule has 1 aromatic rings. The average molecular weight is 304 g/mol. The smallest absolute Gasteiger partial charge is 0.338 e. The zero-order valence-electron chi connectivity index (χ0n) is 10.5. The maximum atomic E-state index is 13.5. The summed E-state index contributed by atoms with van der Waals surface area (Å²) in [5.41, 5.74) is 4.02. The number of carboxylic acid groups (broad SMARTS) is 1. The van der Waals surface area contributed by atoms with Gasteiger partial charge in [0.25, 0.3) is 0 Å². The van der Waals surface area contributed by atoms with Crippen molar-refractivity contribution in [2.45, 2.75) is 18.2 Å². The monoisotopic (exact) mass is 304 g/mol. The molecule has 0 atom stereocenters. The third-order valence-corrected chi connectivity index (χ3v) is 3.87. The lowest BCUT2D eigenvalue weighted by atomic mass is 10.1. The Labute approximate surface area is 114 Å². The zero-order chi connectivity index (χ0) is 15.5. The van der Waals surface area contributed by atoms with E-state index in [-0.39, 0.29) is 18.5 Å². The van der Waals surface area contributed by atoms with E-state index in [1.165, 1.54) is 6.92 Å². The second-order valence-electron chi connectivity index (χ2n) is 4.02. The third kappa shape index (κ3) is 3.75. The number of benzene rings is 1. The van der Waals surface area contributed by atoms with Crippen LogP contribution in [0.5, 0.6) is 0 Å². The fourth-order valence-electron chi connectivity index (χ4n) is 1.44. The van der Waals surface area contributed by atoms with E-state index in [9.17, 15) is 22.4 Å². The van der Waals surface area contributed by atoms with Gasteiger partial charge in [0.05, 0.1) is 10.5 Å². The van der Waals surface area contributed by atoms with Crippen LogP contribution in [0.3, 0.4) is 0 Å². The summed E-state index contributed by atoms with van der Waals surface area (Å²) >= 11 is 0. The minimum absolute atomic E-state index is 0.111. The van der Waals surface area contributed by atoms with E-state index in [1.807, 2.05) is 0 Å². The first kappa shape index (κ1) is 16.1. The summed E-state index contributed by atoms with van der Waals surface area (Å²) in [4.78, 5) is 21.0. The number of carbonyl (C=O) groups is 2. The van der Waals surface area contributed by atoms with Crippen LogP contribution in [0.15, 0.2) is 17.0 Å². The number of primary amides is 1. The van der Waals surface area contributed by atoms with Gasteiger partial charge in [0.1, 0.15) is 5.82 Å². The zero-order valence-corrected chi connectivity index (χ0v) is 11.3. The molecule has 0 heterocycles. The van der Waals surface area contributed by atoms with Crippen molar-refractivity contribution >= 4 is 21.9 Å². The Morgan fingerprint density at radius 2 is 2.00 bits per heavy atom. The molecule has 20 heavy (non-hydrogen) atoms. The minimum atomic E-state index is -4.04. The molecule has 0 spiro atoms. The van der Waals surface area contributed by atoms with Crippen LogP contribution in [0.4, 0.5) is 4.39 Å². The highest BCUT2D eigenvalue weighted by Gasteiger charge is 2.21. The van der Waals surface area contributed by atoms with E-state index in [0.29, 0.717) is 0 Å².